The second kappa shape index (κ2) is 5.76. The molecule has 1 aromatic carbocycles. The lowest BCUT2D eigenvalue weighted by Gasteiger charge is -2.08. The smallest absolute Gasteiger partial charge is 0.239 e. The maximum atomic E-state index is 11.6. The minimum absolute atomic E-state index is 0.0219. The summed E-state index contributed by atoms with van der Waals surface area (Å²) in [6.45, 7) is 0. The number of nitrogens with one attached hydrogen (secondary N) is 1. The summed E-state index contributed by atoms with van der Waals surface area (Å²) in [4.78, 5) is 8.35. The quantitative estimate of drug-likeness (QED) is 0.588. The minimum atomic E-state index is -3.81. The summed E-state index contributed by atoms with van der Waals surface area (Å²) in [5, 5.41) is 12.9. The Bertz CT molecular complexity index is 1170. The first kappa shape index (κ1) is 15.4. The molecule has 0 aliphatic heterocycles. The van der Waals surface area contributed by atoms with Crippen molar-refractivity contribution >= 4 is 20.9 Å². The van der Waals surface area contributed by atoms with Crippen LogP contribution in [0.15, 0.2) is 66.2 Å². The molecular formula is C17H13N5O2S. The van der Waals surface area contributed by atoms with E-state index in [4.69, 9.17) is 5.14 Å². The number of nitrogens with zero attached hydrogens (tertiary/aromatic N) is 3. The van der Waals surface area contributed by atoms with Gasteiger partial charge in [-0.1, -0.05) is 6.07 Å². The van der Waals surface area contributed by atoms with Crippen molar-refractivity contribution in [3.05, 3.63) is 61.3 Å². The third-order valence-corrected chi connectivity index (χ3v) is 4.81. The average molecular weight is 351 g/mol. The van der Waals surface area contributed by atoms with Gasteiger partial charge < -0.3 is 0 Å². The largest absolute Gasteiger partial charge is 0.285 e. The van der Waals surface area contributed by atoms with Gasteiger partial charge in [0.2, 0.25) is 10.0 Å². The van der Waals surface area contributed by atoms with Crippen LogP contribution in [0.5, 0.6) is 0 Å². The maximum absolute atomic E-state index is 11.6. The van der Waals surface area contributed by atoms with E-state index in [1.165, 1.54) is 12.3 Å². The molecule has 0 saturated carbocycles. The molecule has 0 aliphatic rings. The predicted octanol–water partition coefficient (Wildman–Crippen LogP) is 2.33. The van der Waals surface area contributed by atoms with Crippen LogP contribution in [-0.4, -0.2) is 28.6 Å². The van der Waals surface area contributed by atoms with E-state index in [1.807, 2.05) is 30.5 Å². The lowest BCUT2D eigenvalue weighted by Crippen LogP contribution is -2.12. The Morgan fingerprint density at radius 2 is 1.84 bits per heavy atom. The number of fused-ring (bicyclic) bond motifs is 1. The number of rotatable bonds is 3. The number of primary sulfonamides is 1. The highest BCUT2D eigenvalue weighted by Gasteiger charge is 2.11. The molecule has 0 saturated heterocycles. The van der Waals surface area contributed by atoms with Crippen molar-refractivity contribution in [2.45, 2.75) is 4.90 Å². The molecule has 0 atom stereocenters. The zero-order valence-corrected chi connectivity index (χ0v) is 13.7. The van der Waals surface area contributed by atoms with Gasteiger partial charge in [0.1, 0.15) is 4.90 Å². The van der Waals surface area contributed by atoms with E-state index in [1.54, 1.807) is 18.6 Å². The normalized spacial score (nSPS) is 11.7. The third-order valence-electron chi connectivity index (χ3n) is 3.93. The van der Waals surface area contributed by atoms with Gasteiger partial charge in [-0.05, 0) is 35.4 Å². The Balaban J connectivity index is 1.91. The number of aromatic amines is 1. The zero-order chi connectivity index (χ0) is 17.4. The lowest BCUT2D eigenvalue weighted by molar-refractivity contribution is 0.597. The SMILES string of the molecule is NS(=O)(=O)c1cncc(-c2ccc3nccc(-c4cn[nH]c4)c3c2)c1. The Labute approximate surface area is 143 Å². The van der Waals surface area contributed by atoms with Gasteiger partial charge in [0.25, 0.3) is 0 Å². The van der Waals surface area contributed by atoms with E-state index in [9.17, 15) is 8.42 Å². The highest BCUT2D eigenvalue weighted by atomic mass is 32.2. The number of benzene rings is 1. The first-order valence-corrected chi connectivity index (χ1v) is 8.93. The molecule has 3 aromatic heterocycles. The van der Waals surface area contributed by atoms with Crippen molar-refractivity contribution in [1.82, 2.24) is 20.2 Å². The van der Waals surface area contributed by atoms with E-state index in [0.717, 1.165) is 27.6 Å². The van der Waals surface area contributed by atoms with Gasteiger partial charge in [-0.25, -0.2) is 13.6 Å². The summed E-state index contributed by atoms with van der Waals surface area (Å²) in [5.74, 6) is 0. The summed E-state index contributed by atoms with van der Waals surface area (Å²) in [7, 11) is -3.81. The lowest BCUT2D eigenvalue weighted by atomic mass is 10.00. The second-order valence-electron chi connectivity index (χ2n) is 5.53. The molecule has 3 N–H and O–H groups in total. The van der Waals surface area contributed by atoms with Gasteiger partial charge in [-0.15, -0.1) is 0 Å². The number of H-pyrrole nitrogens is 1. The maximum Gasteiger partial charge on any atom is 0.239 e. The Morgan fingerprint density at radius 3 is 2.60 bits per heavy atom. The Kier molecular flexibility index (Phi) is 3.56. The minimum Gasteiger partial charge on any atom is -0.285 e. The number of sulfonamides is 1. The molecule has 0 aliphatic carbocycles. The Hall–Kier alpha value is -3.10. The molecule has 7 nitrogen and oxygen atoms in total. The van der Waals surface area contributed by atoms with Crippen LogP contribution in [-0.2, 0) is 10.0 Å². The van der Waals surface area contributed by atoms with Crippen molar-refractivity contribution in [2.24, 2.45) is 5.14 Å². The summed E-state index contributed by atoms with van der Waals surface area (Å²) >= 11 is 0. The molecule has 3 heterocycles. The standard InChI is InChI=1S/C17H13N5O2S/c18-25(23,24)14-5-12(7-19-10-14)11-1-2-17-16(6-11)15(3-4-20-17)13-8-21-22-9-13/h1-10H,(H,21,22)(H2,18,23,24). The van der Waals surface area contributed by atoms with E-state index in [2.05, 4.69) is 20.2 Å². The molecule has 4 aromatic rings. The van der Waals surface area contributed by atoms with Crippen LogP contribution in [0.1, 0.15) is 0 Å². The molecule has 25 heavy (non-hydrogen) atoms. The fourth-order valence-electron chi connectivity index (χ4n) is 2.71. The molecular weight excluding hydrogens is 338 g/mol. The van der Waals surface area contributed by atoms with Gasteiger partial charge in [0.15, 0.2) is 0 Å². The number of nitrogens with two attached hydrogens (primary N) is 1. The summed E-state index contributed by atoms with van der Waals surface area (Å²) in [6, 6.07) is 9.14. The molecule has 0 amide bonds. The summed E-state index contributed by atoms with van der Waals surface area (Å²) < 4.78 is 23.1. The van der Waals surface area contributed by atoms with Crippen molar-refractivity contribution in [3.63, 3.8) is 0 Å². The van der Waals surface area contributed by atoms with Crippen molar-refractivity contribution < 1.29 is 8.42 Å². The fourth-order valence-corrected chi connectivity index (χ4v) is 3.21. The van der Waals surface area contributed by atoms with Crippen molar-refractivity contribution in [1.29, 1.82) is 0 Å². The molecule has 0 unspecified atom stereocenters. The number of hydrogen-bond donors (Lipinski definition) is 2. The predicted molar refractivity (Wildman–Crippen MR) is 93.9 cm³/mol. The summed E-state index contributed by atoms with van der Waals surface area (Å²) in [6.07, 6.45) is 8.13. The van der Waals surface area contributed by atoms with Gasteiger partial charge in [0, 0.05) is 41.3 Å². The molecule has 124 valence electrons. The van der Waals surface area contributed by atoms with Crippen molar-refractivity contribution in [2.75, 3.05) is 0 Å². The van der Waals surface area contributed by atoms with Crippen LogP contribution in [0.25, 0.3) is 33.2 Å². The monoisotopic (exact) mass is 351 g/mol. The first-order chi connectivity index (χ1) is 12.0. The Morgan fingerprint density at radius 1 is 0.960 bits per heavy atom. The first-order valence-electron chi connectivity index (χ1n) is 7.38. The highest BCUT2D eigenvalue weighted by molar-refractivity contribution is 7.89. The number of aromatic nitrogens is 4. The van der Waals surface area contributed by atoms with Crippen LogP contribution < -0.4 is 5.14 Å². The number of hydrogen-bond acceptors (Lipinski definition) is 5. The van der Waals surface area contributed by atoms with Gasteiger partial charge >= 0.3 is 0 Å². The van der Waals surface area contributed by atoms with E-state index < -0.39 is 10.0 Å². The van der Waals surface area contributed by atoms with E-state index in [-0.39, 0.29) is 4.90 Å². The molecule has 0 radical (unpaired) electrons. The topological polar surface area (TPSA) is 115 Å². The average Bonchev–Trinajstić information content (AvgIpc) is 3.14. The van der Waals surface area contributed by atoms with E-state index >= 15 is 0 Å². The highest BCUT2D eigenvalue weighted by Crippen LogP contribution is 2.31. The van der Waals surface area contributed by atoms with E-state index in [0.29, 0.717) is 5.56 Å². The molecule has 8 heteroatoms. The molecule has 4 rings (SSSR count). The van der Waals surface area contributed by atoms with Gasteiger partial charge in [-0.2, -0.15) is 5.10 Å². The third kappa shape index (κ3) is 2.88. The van der Waals surface area contributed by atoms with Crippen LogP contribution in [0.4, 0.5) is 0 Å². The second-order valence-corrected chi connectivity index (χ2v) is 7.09. The van der Waals surface area contributed by atoms with Gasteiger partial charge in [-0.3, -0.25) is 15.1 Å². The molecule has 0 bridgehead atoms. The van der Waals surface area contributed by atoms with Crippen LogP contribution in [0.2, 0.25) is 0 Å². The van der Waals surface area contributed by atoms with Crippen molar-refractivity contribution in [3.8, 4) is 22.3 Å². The fraction of sp³-hybridized carbons (Fsp3) is 0. The summed E-state index contributed by atoms with van der Waals surface area (Å²) in [5.41, 5.74) is 4.24. The molecule has 0 fully saturated rings. The van der Waals surface area contributed by atoms with Crippen LogP contribution in [0.3, 0.4) is 0 Å². The van der Waals surface area contributed by atoms with Crippen LogP contribution in [0, 0.1) is 0 Å². The molecule has 0 spiro atoms. The number of pyridine rings is 2. The van der Waals surface area contributed by atoms with Crippen LogP contribution >= 0.6 is 0 Å². The zero-order valence-electron chi connectivity index (χ0n) is 12.9. The van der Waals surface area contributed by atoms with Gasteiger partial charge in [0.05, 0.1) is 11.7 Å².